The number of nitrogens with one attached hydrogen (secondary N) is 1. The van der Waals surface area contributed by atoms with Crippen molar-refractivity contribution in [2.75, 3.05) is 26.7 Å². The van der Waals surface area contributed by atoms with Gasteiger partial charge in [-0.3, -0.25) is 0 Å². The number of nitrogens with zero attached hydrogens (tertiary/aromatic N) is 4. The van der Waals surface area contributed by atoms with Crippen LogP contribution in [0.4, 0.5) is 0 Å². The lowest BCUT2D eigenvalue weighted by atomic mass is 9.97. The van der Waals surface area contributed by atoms with Crippen molar-refractivity contribution in [1.29, 1.82) is 0 Å². The van der Waals surface area contributed by atoms with Crippen LogP contribution >= 0.6 is 12.4 Å². The molecule has 0 unspecified atom stereocenters. The average Bonchev–Trinajstić information content (AvgIpc) is 3.13. The summed E-state index contributed by atoms with van der Waals surface area (Å²) in [5, 5.41) is 12.0. The number of halogens is 1. The summed E-state index contributed by atoms with van der Waals surface area (Å²) in [6.07, 6.45) is 1.54. The number of piperidine rings is 1. The van der Waals surface area contributed by atoms with Gasteiger partial charge in [0.25, 0.3) is 0 Å². The van der Waals surface area contributed by atoms with Crippen molar-refractivity contribution in [1.82, 2.24) is 24.4 Å². The van der Waals surface area contributed by atoms with Gasteiger partial charge in [0.1, 0.15) is 11.6 Å². The molecule has 1 saturated heterocycles. The van der Waals surface area contributed by atoms with Gasteiger partial charge in [0.05, 0.1) is 18.0 Å². The average molecular weight is 428 g/mol. The van der Waals surface area contributed by atoms with Crippen molar-refractivity contribution in [3.63, 3.8) is 0 Å². The Morgan fingerprint density at radius 2 is 1.86 bits per heavy atom. The van der Waals surface area contributed by atoms with Crippen LogP contribution < -0.4 is 5.32 Å². The van der Waals surface area contributed by atoms with Crippen LogP contribution in [-0.4, -0.2) is 54.2 Å². The van der Waals surface area contributed by atoms with Crippen LogP contribution in [0.2, 0.25) is 0 Å². The third-order valence-corrected chi connectivity index (χ3v) is 7.26. The SMILES string of the molecule is COCc1ccc(S(=O)(=O)N2CCC(c3nnc4n3CCNC4)CC2)cc1.Cl. The van der Waals surface area contributed by atoms with E-state index in [9.17, 15) is 8.42 Å². The first-order valence-corrected chi connectivity index (χ1v) is 10.7. The maximum atomic E-state index is 12.9. The lowest BCUT2D eigenvalue weighted by molar-refractivity contribution is 0.185. The molecule has 0 amide bonds. The molecule has 154 valence electrons. The van der Waals surface area contributed by atoms with Crippen LogP contribution in [0.3, 0.4) is 0 Å². The molecule has 1 fully saturated rings. The zero-order valence-corrected chi connectivity index (χ0v) is 17.5. The Balaban J connectivity index is 0.00000225. The van der Waals surface area contributed by atoms with E-state index in [0.717, 1.165) is 49.7 Å². The zero-order chi connectivity index (χ0) is 18.9. The van der Waals surface area contributed by atoms with Gasteiger partial charge < -0.3 is 14.6 Å². The highest BCUT2D eigenvalue weighted by atomic mass is 35.5. The maximum absolute atomic E-state index is 12.9. The number of ether oxygens (including phenoxy) is 1. The second-order valence-electron chi connectivity index (χ2n) is 7.06. The molecule has 4 rings (SSSR count). The number of fused-ring (bicyclic) bond motifs is 1. The van der Waals surface area contributed by atoms with Crippen molar-refractivity contribution < 1.29 is 13.2 Å². The quantitative estimate of drug-likeness (QED) is 0.778. The fourth-order valence-corrected chi connectivity index (χ4v) is 5.31. The fourth-order valence-electron chi connectivity index (χ4n) is 3.84. The molecule has 1 aromatic heterocycles. The van der Waals surface area contributed by atoms with Gasteiger partial charge in [0.2, 0.25) is 10.0 Å². The second-order valence-corrected chi connectivity index (χ2v) is 9.00. The Morgan fingerprint density at radius 1 is 1.14 bits per heavy atom. The summed E-state index contributed by atoms with van der Waals surface area (Å²) >= 11 is 0. The molecule has 2 aliphatic rings. The van der Waals surface area contributed by atoms with Crippen molar-refractivity contribution >= 4 is 22.4 Å². The first-order valence-electron chi connectivity index (χ1n) is 9.30. The molecular weight excluding hydrogens is 402 g/mol. The number of rotatable bonds is 5. The molecule has 0 atom stereocenters. The molecule has 28 heavy (non-hydrogen) atoms. The number of benzene rings is 1. The van der Waals surface area contributed by atoms with Crippen LogP contribution in [0.25, 0.3) is 0 Å². The van der Waals surface area contributed by atoms with Gasteiger partial charge in [0, 0.05) is 39.2 Å². The molecule has 8 nitrogen and oxygen atoms in total. The minimum absolute atomic E-state index is 0. The fraction of sp³-hybridized carbons (Fsp3) is 0.556. The van der Waals surface area contributed by atoms with Crippen LogP contribution in [0.1, 0.15) is 36.0 Å². The Kier molecular flexibility index (Phi) is 6.72. The number of hydrogen-bond acceptors (Lipinski definition) is 6. The highest BCUT2D eigenvalue weighted by Gasteiger charge is 2.32. The largest absolute Gasteiger partial charge is 0.380 e. The normalized spacial score (nSPS) is 18.5. The van der Waals surface area contributed by atoms with Crippen LogP contribution in [0.5, 0.6) is 0 Å². The molecule has 1 aromatic carbocycles. The van der Waals surface area contributed by atoms with Gasteiger partial charge in [-0.25, -0.2) is 8.42 Å². The van der Waals surface area contributed by atoms with Gasteiger partial charge in [-0.2, -0.15) is 4.31 Å². The van der Waals surface area contributed by atoms with Gasteiger partial charge in [-0.05, 0) is 30.5 Å². The Labute approximate surface area is 171 Å². The monoisotopic (exact) mass is 427 g/mol. The molecule has 0 spiro atoms. The van der Waals surface area contributed by atoms with Crippen LogP contribution in [-0.2, 0) is 34.5 Å². The predicted molar refractivity (Wildman–Crippen MR) is 107 cm³/mol. The summed E-state index contributed by atoms with van der Waals surface area (Å²) in [6.45, 7) is 4.04. The summed E-state index contributed by atoms with van der Waals surface area (Å²) in [4.78, 5) is 0.340. The van der Waals surface area contributed by atoms with Gasteiger partial charge in [-0.1, -0.05) is 12.1 Å². The van der Waals surface area contributed by atoms with E-state index < -0.39 is 10.0 Å². The number of aromatic nitrogens is 3. The summed E-state index contributed by atoms with van der Waals surface area (Å²) in [6, 6.07) is 6.94. The minimum Gasteiger partial charge on any atom is -0.380 e. The molecule has 1 N–H and O–H groups in total. The molecule has 0 radical (unpaired) electrons. The van der Waals surface area contributed by atoms with Crippen LogP contribution in [0.15, 0.2) is 29.2 Å². The third kappa shape index (κ3) is 4.08. The van der Waals surface area contributed by atoms with E-state index in [0.29, 0.717) is 24.6 Å². The molecule has 2 aromatic rings. The maximum Gasteiger partial charge on any atom is 0.243 e. The first-order chi connectivity index (χ1) is 13.1. The smallest absolute Gasteiger partial charge is 0.243 e. The Morgan fingerprint density at radius 3 is 2.54 bits per heavy atom. The third-order valence-electron chi connectivity index (χ3n) is 5.34. The van der Waals surface area contributed by atoms with E-state index >= 15 is 0 Å². The van der Waals surface area contributed by atoms with Gasteiger partial charge in [0.15, 0.2) is 0 Å². The summed E-state index contributed by atoms with van der Waals surface area (Å²) in [5.41, 5.74) is 0.959. The summed E-state index contributed by atoms with van der Waals surface area (Å²) in [7, 11) is -1.84. The number of methoxy groups -OCH3 is 1. The molecule has 0 bridgehead atoms. The van der Waals surface area contributed by atoms with E-state index in [1.807, 2.05) is 0 Å². The molecular formula is C18H26ClN5O3S. The highest BCUT2D eigenvalue weighted by molar-refractivity contribution is 7.89. The van der Waals surface area contributed by atoms with Crippen molar-refractivity contribution in [2.45, 2.75) is 43.4 Å². The number of sulfonamides is 1. The van der Waals surface area contributed by atoms with E-state index in [-0.39, 0.29) is 18.3 Å². The standard InChI is InChI=1S/C18H25N5O3S.ClH/c1-26-13-14-2-4-16(5-3-14)27(24,25)22-9-6-15(7-10-22)18-21-20-17-12-19-8-11-23(17)18;/h2-5,15,19H,6-13H2,1H3;1H. The van der Waals surface area contributed by atoms with E-state index in [1.54, 1.807) is 35.7 Å². The van der Waals surface area contributed by atoms with Crippen molar-refractivity contribution in [3.8, 4) is 0 Å². The van der Waals surface area contributed by atoms with E-state index in [4.69, 9.17) is 4.74 Å². The minimum atomic E-state index is -3.46. The first kappa shape index (κ1) is 21.2. The molecule has 0 aliphatic carbocycles. The van der Waals surface area contributed by atoms with E-state index in [1.165, 1.54) is 0 Å². The number of hydrogen-bond donors (Lipinski definition) is 1. The van der Waals surface area contributed by atoms with Crippen LogP contribution in [0, 0.1) is 0 Å². The van der Waals surface area contributed by atoms with Gasteiger partial charge >= 0.3 is 0 Å². The summed E-state index contributed by atoms with van der Waals surface area (Å²) in [5.74, 6) is 2.25. The van der Waals surface area contributed by atoms with Gasteiger partial charge in [-0.15, -0.1) is 22.6 Å². The predicted octanol–water partition coefficient (Wildman–Crippen LogP) is 1.52. The molecule has 2 aliphatic heterocycles. The second kappa shape index (κ2) is 8.87. The molecule has 3 heterocycles. The Bertz CT molecular complexity index is 892. The zero-order valence-electron chi connectivity index (χ0n) is 15.9. The topological polar surface area (TPSA) is 89.4 Å². The van der Waals surface area contributed by atoms with Crippen molar-refractivity contribution in [2.24, 2.45) is 0 Å². The Hall–Kier alpha value is -1.52. The lowest BCUT2D eigenvalue weighted by Crippen LogP contribution is -2.38. The van der Waals surface area contributed by atoms with Crippen molar-refractivity contribution in [3.05, 3.63) is 41.5 Å². The highest BCUT2D eigenvalue weighted by Crippen LogP contribution is 2.30. The molecule has 10 heteroatoms. The molecule has 0 saturated carbocycles. The van der Waals surface area contributed by atoms with E-state index in [2.05, 4.69) is 20.1 Å². The lowest BCUT2D eigenvalue weighted by Gasteiger charge is -2.31. The summed E-state index contributed by atoms with van der Waals surface area (Å²) < 4.78 is 34.7.